The van der Waals surface area contributed by atoms with Gasteiger partial charge in [-0.15, -0.1) is 0 Å². The smallest absolute Gasteiger partial charge is 0.191 e. The van der Waals surface area contributed by atoms with E-state index < -0.39 is 17.6 Å². The van der Waals surface area contributed by atoms with Crippen LogP contribution >= 0.6 is 0 Å². The van der Waals surface area contributed by atoms with Gasteiger partial charge in [-0.3, -0.25) is 4.79 Å². The van der Waals surface area contributed by atoms with Crippen LogP contribution in [0.5, 0.6) is 0 Å². The van der Waals surface area contributed by atoms with Crippen molar-refractivity contribution in [3.05, 3.63) is 24.1 Å². The summed E-state index contributed by atoms with van der Waals surface area (Å²) in [5.41, 5.74) is -1.77. The lowest BCUT2D eigenvalue weighted by Crippen LogP contribution is -2.50. The fourth-order valence-corrected chi connectivity index (χ4v) is 3.95. The first-order chi connectivity index (χ1) is 12.0. The average molecular weight is 354 g/mol. The van der Waals surface area contributed by atoms with Gasteiger partial charge in [0.15, 0.2) is 17.6 Å². The predicted molar refractivity (Wildman–Crippen MR) is 96.8 cm³/mol. The van der Waals surface area contributed by atoms with Crippen molar-refractivity contribution >= 4 is 5.78 Å². The Morgan fingerprint density at radius 2 is 1.88 bits per heavy atom. The van der Waals surface area contributed by atoms with Crippen LogP contribution in [0.15, 0.2) is 24.1 Å². The van der Waals surface area contributed by atoms with Gasteiger partial charge in [0.25, 0.3) is 0 Å². The number of unbranched alkanes of at least 4 members (excludes halogenated alkanes) is 2. The summed E-state index contributed by atoms with van der Waals surface area (Å²) >= 11 is 0. The Bertz CT molecular complexity index is 492. The van der Waals surface area contributed by atoms with Crippen molar-refractivity contribution in [1.29, 1.82) is 0 Å². The van der Waals surface area contributed by atoms with Gasteiger partial charge < -0.3 is 4.74 Å². The number of carbonyl (C=O) groups is 1. The molecule has 0 aromatic rings. The first-order valence-electron chi connectivity index (χ1n) is 9.89. The van der Waals surface area contributed by atoms with Gasteiger partial charge in [-0.1, -0.05) is 52.0 Å². The summed E-state index contributed by atoms with van der Waals surface area (Å²) in [6.07, 6.45) is 10.3. The SMILES string of the molecule is CCCCCOC1(C(=O)CC2CCC(CC)CC2)C=CC=C(F)C1F. The molecule has 0 amide bonds. The fourth-order valence-electron chi connectivity index (χ4n) is 3.95. The number of ketones is 1. The third-order valence-corrected chi connectivity index (χ3v) is 5.76. The monoisotopic (exact) mass is 354 g/mol. The van der Waals surface area contributed by atoms with Crippen LogP contribution in [-0.2, 0) is 9.53 Å². The van der Waals surface area contributed by atoms with E-state index in [0.29, 0.717) is 0 Å². The second-order valence-corrected chi connectivity index (χ2v) is 7.54. The molecule has 4 heteroatoms. The summed E-state index contributed by atoms with van der Waals surface area (Å²) in [5.74, 6) is -0.215. The molecule has 2 nitrogen and oxygen atoms in total. The summed E-state index contributed by atoms with van der Waals surface area (Å²) < 4.78 is 34.3. The molecule has 0 aliphatic heterocycles. The van der Waals surface area contributed by atoms with Gasteiger partial charge in [0.1, 0.15) is 5.83 Å². The summed E-state index contributed by atoms with van der Waals surface area (Å²) in [7, 11) is 0. The topological polar surface area (TPSA) is 26.3 Å². The van der Waals surface area contributed by atoms with Crippen LogP contribution in [-0.4, -0.2) is 24.2 Å². The van der Waals surface area contributed by atoms with Crippen LogP contribution in [0.2, 0.25) is 0 Å². The second kappa shape index (κ2) is 9.61. The molecule has 2 atom stereocenters. The molecule has 0 aromatic carbocycles. The standard InChI is InChI=1S/C21H32F2O2/c1-3-5-6-14-25-21(13-7-8-18(22)20(21)23)19(24)15-17-11-9-16(4-2)10-12-17/h7-8,13,16-17,20H,3-6,9-12,14-15H2,1-2H3. The average Bonchev–Trinajstić information content (AvgIpc) is 2.63. The molecule has 142 valence electrons. The Labute approximate surface area is 150 Å². The second-order valence-electron chi connectivity index (χ2n) is 7.54. The minimum absolute atomic E-state index is 0.265. The van der Waals surface area contributed by atoms with Crippen LogP contribution < -0.4 is 0 Å². The van der Waals surface area contributed by atoms with Gasteiger partial charge in [0.2, 0.25) is 0 Å². The molecule has 2 rings (SSSR count). The van der Waals surface area contributed by atoms with Crippen molar-refractivity contribution in [1.82, 2.24) is 0 Å². The molecule has 1 saturated carbocycles. The molecule has 25 heavy (non-hydrogen) atoms. The molecule has 0 heterocycles. The summed E-state index contributed by atoms with van der Waals surface area (Å²) in [5, 5.41) is 0. The highest BCUT2D eigenvalue weighted by atomic mass is 19.2. The van der Waals surface area contributed by atoms with Gasteiger partial charge in [-0.2, -0.15) is 0 Å². The Morgan fingerprint density at radius 1 is 1.20 bits per heavy atom. The van der Waals surface area contributed by atoms with Gasteiger partial charge in [-0.05, 0) is 43.3 Å². The van der Waals surface area contributed by atoms with Crippen molar-refractivity contribution < 1.29 is 18.3 Å². The van der Waals surface area contributed by atoms with E-state index in [1.807, 2.05) is 0 Å². The molecule has 2 unspecified atom stereocenters. The van der Waals surface area contributed by atoms with E-state index >= 15 is 0 Å². The molecule has 0 saturated heterocycles. The van der Waals surface area contributed by atoms with E-state index in [-0.39, 0.29) is 24.7 Å². The highest BCUT2D eigenvalue weighted by Gasteiger charge is 2.49. The lowest BCUT2D eigenvalue weighted by atomic mass is 9.76. The molecule has 0 radical (unpaired) electrons. The van der Waals surface area contributed by atoms with Crippen LogP contribution in [0.1, 0.15) is 71.6 Å². The summed E-state index contributed by atoms with van der Waals surface area (Å²) in [4.78, 5) is 12.9. The van der Waals surface area contributed by atoms with E-state index in [1.165, 1.54) is 18.6 Å². The van der Waals surface area contributed by atoms with Crippen molar-refractivity contribution in [3.63, 3.8) is 0 Å². The largest absolute Gasteiger partial charge is 0.359 e. The maximum absolute atomic E-state index is 14.7. The molecule has 0 bridgehead atoms. The molecule has 1 fully saturated rings. The highest BCUT2D eigenvalue weighted by molar-refractivity contribution is 5.91. The molecular weight excluding hydrogens is 322 g/mol. The van der Waals surface area contributed by atoms with Crippen molar-refractivity contribution in [2.45, 2.75) is 83.4 Å². The number of carbonyl (C=O) groups excluding carboxylic acids is 1. The van der Waals surface area contributed by atoms with Gasteiger partial charge in [0, 0.05) is 13.0 Å². The lowest BCUT2D eigenvalue weighted by molar-refractivity contribution is -0.147. The zero-order valence-electron chi connectivity index (χ0n) is 15.6. The quantitative estimate of drug-likeness (QED) is 0.484. The van der Waals surface area contributed by atoms with Gasteiger partial charge in [-0.25, -0.2) is 8.78 Å². The third kappa shape index (κ3) is 4.99. The number of hydrogen-bond acceptors (Lipinski definition) is 2. The number of Topliss-reactive ketones (excluding diaryl/α,β-unsaturated/α-hetero) is 1. The number of hydrogen-bond donors (Lipinski definition) is 0. The maximum atomic E-state index is 14.7. The summed E-state index contributed by atoms with van der Waals surface area (Å²) in [6, 6.07) is 0. The normalized spacial score (nSPS) is 32.5. The molecule has 2 aliphatic carbocycles. The lowest BCUT2D eigenvalue weighted by Gasteiger charge is -2.36. The molecular formula is C21H32F2O2. The Morgan fingerprint density at radius 3 is 2.52 bits per heavy atom. The van der Waals surface area contributed by atoms with E-state index in [0.717, 1.165) is 56.9 Å². The van der Waals surface area contributed by atoms with E-state index in [4.69, 9.17) is 4.74 Å². The fraction of sp³-hybridized carbons (Fsp3) is 0.762. The molecule has 0 aromatic heterocycles. The van der Waals surface area contributed by atoms with Gasteiger partial charge in [0.05, 0.1) is 0 Å². The number of allylic oxidation sites excluding steroid dienone is 2. The minimum Gasteiger partial charge on any atom is -0.359 e. The van der Waals surface area contributed by atoms with Crippen LogP contribution in [0.25, 0.3) is 0 Å². The zero-order chi connectivity index (χ0) is 18.3. The first-order valence-corrected chi connectivity index (χ1v) is 9.89. The first kappa shape index (κ1) is 20.3. The van der Waals surface area contributed by atoms with E-state index in [2.05, 4.69) is 13.8 Å². The maximum Gasteiger partial charge on any atom is 0.191 e. The van der Waals surface area contributed by atoms with E-state index in [9.17, 15) is 13.6 Å². The number of rotatable bonds is 9. The Hall–Kier alpha value is -1.03. The molecule has 0 N–H and O–H groups in total. The van der Waals surface area contributed by atoms with Crippen LogP contribution in [0, 0.1) is 11.8 Å². The summed E-state index contributed by atoms with van der Waals surface area (Å²) in [6.45, 7) is 4.54. The Balaban J connectivity index is 2.03. The van der Waals surface area contributed by atoms with Crippen LogP contribution in [0.3, 0.4) is 0 Å². The zero-order valence-corrected chi connectivity index (χ0v) is 15.6. The van der Waals surface area contributed by atoms with Crippen LogP contribution in [0.4, 0.5) is 8.78 Å². The highest BCUT2D eigenvalue weighted by Crippen LogP contribution is 2.38. The van der Waals surface area contributed by atoms with Crippen molar-refractivity contribution in [2.24, 2.45) is 11.8 Å². The van der Waals surface area contributed by atoms with Crippen molar-refractivity contribution in [2.75, 3.05) is 6.61 Å². The molecule has 2 aliphatic rings. The third-order valence-electron chi connectivity index (χ3n) is 5.76. The number of ether oxygens (including phenoxy) is 1. The predicted octanol–water partition coefficient (Wildman–Crippen LogP) is 5.87. The number of alkyl halides is 1. The minimum atomic E-state index is -2.03. The molecule has 0 spiro atoms. The van der Waals surface area contributed by atoms with E-state index in [1.54, 1.807) is 0 Å². The van der Waals surface area contributed by atoms with Crippen molar-refractivity contribution in [3.8, 4) is 0 Å². The van der Waals surface area contributed by atoms with Gasteiger partial charge >= 0.3 is 0 Å². The number of halogens is 2. The Kier molecular flexibility index (Phi) is 7.80.